The average molecular weight is 348 g/mol. The molecule has 2 saturated heterocycles. The number of carboxylic acids is 1. The van der Waals surface area contributed by atoms with Crippen molar-refractivity contribution >= 4 is 16.0 Å². The molecular formula is C11H19F3N2O5S. The van der Waals surface area contributed by atoms with Crippen molar-refractivity contribution in [3.8, 4) is 0 Å². The van der Waals surface area contributed by atoms with Crippen molar-refractivity contribution in [3.05, 3.63) is 0 Å². The second-order valence-electron chi connectivity index (χ2n) is 5.21. The van der Waals surface area contributed by atoms with Crippen LogP contribution in [-0.2, 0) is 19.6 Å². The molecule has 7 nitrogen and oxygen atoms in total. The Morgan fingerprint density at radius 1 is 1.41 bits per heavy atom. The van der Waals surface area contributed by atoms with E-state index in [1.807, 2.05) is 0 Å². The number of sulfonamides is 1. The van der Waals surface area contributed by atoms with Gasteiger partial charge in [-0.3, -0.25) is 0 Å². The zero-order valence-corrected chi connectivity index (χ0v) is 12.8. The van der Waals surface area contributed by atoms with Crippen LogP contribution in [0.25, 0.3) is 0 Å². The van der Waals surface area contributed by atoms with Crippen LogP contribution in [0.3, 0.4) is 0 Å². The van der Waals surface area contributed by atoms with Crippen LogP contribution in [0.5, 0.6) is 0 Å². The number of ether oxygens (including phenoxy) is 1. The summed E-state index contributed by atoms with van der Waals surface area (Å²) in [6.45, 7) is 3.43. The molecule has 0 saturated carbocycles. The molecular weight excluding hydrogens is 329 g/mol. The van der Waals surface area contributed by atoms with E-state index in [4.69, 9.17) is 14.6 Å². The number of piperidine rings is 1. The lowest BCUT2D eigenvalue weighted by Crippen LogP contribution is -2.59. The maximum absolute atomic E-state index is 11.5. The number of nitrogens with zero attached hydrogens (tertiary/aromatic N) is 1. The highest BCUT2D eigenvalue weighted by Crippen LogP contribution is 2.27. The third-order valence-electron chi connectivity index (χ3n) is 3.35. The molecule has 2 aliphatic heterocycles. The first-order valence-electron chi connectivity index (χ1n) is 6.56. The summed E-state index contributed by atoms with van der Waals surface area (Å²) in [5.41, 5.74) is -0.278. The predicted octanol–water partition coefficient (Wildman–Crippen LogP) is 0.0337. The molecule has 2 heterocycles. The van der Waals surface area contributed by atoms with Crippen LogP contribution in [0.1, 0.15) is 12.8 Å². The van der Waals surface area contributed by atoms with Crippen molar-refractivity contribution in [2.45, 2.75) is 24.6 Å². The Hall–Kier alpha value is -0.910. The van der Waals surface area contributed by atoms with E-state index in [1.54, 1.807) is 0 Å². The largest absolute Gasteiger partial charge is 0.490 e. The van der Waals surface area contributed by atoms with Gasteiger partial charge >= 0.3 is 12.1 Å². The summed E-state index contributed by atoms with van der Waals surface area (Å²) in [7, 11) is -3.08. The highest BCUT2D eigenvalue weighted by Gasteiger charge is 2.40. The van der Waals surface area contributed by atoms with Crippen molar-refractivity contribution in [1.29, 1.82) is 0 Å². The van der Waals surface area contributed by atoms with E-state index in [-0.39, 0.29) is 5.60 Å². The molecule has 0 bridgehead atoms. The summed E-state index contributed by atoms with van der Waals surface area (Å²) in [6.07, 6.45) is -1.98. The number of hydrogen-bond acceptors (Lipinski definition) is 5. The molecule has 1 unspecified atom stereocenters. The van der Waals surface area contributed by atoms with Crippen molar-refractivity contribution < 1.29 is 36.2 Å². The number of carboxylic acid groups (broad SMARTS) is 1. The fourth-order valence-corrected chi connectivity index (χ4v) is 3.24. The highest BCUT2D eigenvalue weighted by molar-refractivity contribution is 7.88. The van der Waals surface area contributed by atoms with E-state index in [2.05, 4.69) is 5.32 Å². The molecule has 2 N–H and O–H groups in total. The summed E-state index contributed by atoms with van der Waals surface area (Å²) in [6, 6.07) is 0. The molecule has 0 aliphatic carbocycles. The van der Waals surface area contributed by atoms with E-state index in [9.17, 15) is 21.6 Å². The van der Waals surface area contributed by atoms with Crippen LogP contribution in [0, 0.1) is 0 Å². The maximum atomic E-state index is 11.5. The third-order valence-corrected chi connectivity index (χ3v) is 4.60. The smallest absolute Gasteiger partial charge is 0.475 e. The van der Waals surface area contributed by atoms with Crippen molar-refractivity contribution in [1.82, 2.24) is 9.62 Å². The first-order valence-corrected chi connectivity index (χ1v) is 8.41. The zero-order chi connectivity index (χ0) is 17.0. The molecule has 130 valence electrons. The SMILES string of the molecule is CS(=O)(=O)N1CCCC2(CNCCO2)C1.O=C(O)C(F)(F)F. The summed E-state index contributed by atoms with van der Waals surface area (Å²) in [5.74, 6) is -2.76. The summed E-state index contributed by atoms with van der Waals surface area (Å²) in [5, 5.41) is 10.4. The number of nitrogens with one attached hydrogen (secondary N) is 1. The molecule has 11 heteroatoms. The Morgan fingerprint density at radius 2 is 2.00 bits per heavy atom. The van der Waals surface area contributed by atoms with Gasteiger partial charge in [0, 0.05) is 26.2 Å². The van der Waals surface area contributed by atoms with E-state index in [0.717, 1.165) is 25.9 Å². The quantitative estimate of drug-likeness (QED) is 0.694. The van der Waals surface area contributed by atoms with Gasteiger partial charge in [0.15, 0.2) is 0 Å². The minimum absolute atomic E-state index is 0.278. The monoisotopic (exact) mass is 348 g/mol. The van der Waals surface area contributed by atoms with Crippen molar-refractivity contribution in [2.24, 2.45) is 0 Å². The summed E-state index contributed by atoms with van der Waals surface area (Å²) in [4.78, 5) is 8.90. The second kappa shape index (κ2) is 7.11. The van der Waals surface area contributed by atoms with Gasteiger partial charge in [0.2, 0.25) is 10.0 Å². The Bertz CT molecular complexity index is 483. The van der Waals surface area contributed by atoms with E-state index in [1.165, 1.54) is 10.6 Å². The zero-order valence-electron chi connectivity index (χ0n) is 12.0. The fourth-order valence-electron chi connectivity index (χ4n) is 2.31. The number of carbonyl (C=O) groups is 1. The van der Waals surface area contributed by atoms with Gasteiger partial charge in [0.05, 0.1) is 18.5 Å². The normalized spacial score (nSPS) is 27.1. The van der Waals surface area contributed by atoms with Crippen LogP contribution in [0.15, 0.2) is 0 Å². The maximum Gasteiger partial charge on any atom is 0.490 e. The summed E-state index contributed by atoms with van der Waals surface area (Å²) >= 11 is 0. The molecule has 0 amide bonds. The number of halogens is 3. The van der Waals surface area contributed by atoms with Crippen LogP contribution in [0.4, 0.5) is 13.2 Å². The van der Waals surface area contributed by atoms with Crippen molar-refractivity contribution in [3.63, 3.8) is 0 Å². The van der Waals surface area contributed by atoms with Crippen LogP contribution < -0.4 is 5.32 Å². The minimum Gasteiger partial charge on any atom is -0.475 e. The lowest BCUT2D eigenvalue weighted by molar-refractivity contribution is -0.192. The second-order valence-corrected chi connectivity index (χ2v) is 7.19. The first kappa shape index (κ1) is 19.1. The predicted molar refractivity (Wildman–Crippen MR) is 70.9 cm³/mol. The lowest BCUT2D eigenvalue weighted by Gasteiger charge is -2.44. The van der Waals surface area contributed by atoms with E-state index in [0.29, 0.717) is 19.7 Å². The molecule has 2 aliphatic rings. The van der Waals surface area contributed by atoms with Gasteiger partial charge in [-0.05, 0) is 12.8 Å². The third kappa shape index (κ3) is 5.71. The molecule has 1 spiro atoms. The van der Waals surface area contributed by atoms with Crippen LogP contribution in [0.2, 0.25) is 0 Å². The van der Waals surface area contributed by atoms with Gasteiger partial charge in [-0.25, -0.2) is 13.2 Å². The van der Waals surface area contributed by atoms with E-state index >= 15 is 0 Å². The van der Waals surface area contributed by atoms with Crippen molar-refractivity contribution in [2.75, 3.05) is 39.0 Å². The van der Waals surface area contributed by atoms with Gasteiger partial charge in [0.1, 0.15) is 0 Å². The van der Waals surface area contributed by atoms with Crippen LogP contribution >= 0.6 is 0 Å². The highest BCUT2D eigenvalue weighted by atomic mass is 32.2. The summed E-state index contributed by atoms with van der Waals surface area (Å²) < 4.78 is 62.0. The van der Waals surface area contributed by atoms with Gasteiger partial charge in [-0.1, -0.05) is 0 Å². The molecule has 0 aromatic heterocycles. The molecule has 1 atom stereocenters. The Kier molecular flexibility index (Phi) is 6.18. The number of aliphatic carboxylic acids is 1. The standard InChI is InChI=1S/C9H18N2O3S.C2HF3O2/c1-15(12,13)11-5-2-3-9(8-11)7-10-4-6-14-9;3-2(4,5)1(6)7/h10H,2-8H2,1H3;(H,6,7). The number of morpholine rings is 1. The molecule has 2 rings (SSSR count). The Balaban J connectivity index is 0.000000295. The Morgan fingerprint density at radius 3 is 2.41 bits per heavy atom. The Labute approximate surface area is 126 Å². The molecule has 0 aromatic rings. The van der Waals surface area contributed by atoms with Gasteiger partial charge < -0.3 is 15.2 Å². The van der Waals surface area contributed by atoms with E-state index < -0.39 is 22.2 Å². The van der Waals surface area contributed by atoms with Crippen LogP contribution in [-0.4, -0.2) is 74.6 Å². The number of hydrogen-bond donors (Lipinski definition) is 2. The number of alkyl halides is 3. The molecule has 0 aromatic carbocycles. The first-order chi connectivity index (χ1) is 9.96. The number of rotatable bonds is 1. The fraction of sp³-hybridized carbons (Fsp3) is 0.909. The molecule has 22 heavy (non-hydrogen) atoms. The van der Waals surface area contributed by atoms with Gasteiger partial charge in [0.25, 0.3) is 0 Å². The molecule has 0 radical (unpaired) electrons. The van der Waals surface area contributed by atoms with Gasteiger partial charge in [-0.15, -0.1) is 0 Å². The average Bonchev–Trinajstić information content (AvgIpc) is 2.38. The topological polar surface area (TPSA) is 95.9 Å². The van der Waals surface area contributed by atoms with Gasteiger partial charge in [-0.2, -0.15) is 17.5 Å². The minimum atomic E-state index is -5.08. The lowest BCUT2D eigenvalue weighted by atomic mass is 9.93. The molecule has 2 fully saturated rings.